The van der Waals surface area contributed by atoms with Gasteiger partial charge in [-0.15, -0.1) is 0 Å². The molecule has 0 unspecified atom stereocenters. The van der Waals surface area contributed by atoms with Gasteiger partial charge >= 0.3 is 5.97 Å². The van der Waals surface area contributed by atoms with Crippen LogP contribution in [0, 0.1) is 6.92 Å². The molecule has 0 radical (unpaired) electrons. The standard InChI is InChI=1S/C12H13ClO3/c1-7-2-3-8(14)10(11(7)13)12(4-5-12)6-9(15)16/h2-3,14H,4-6H2,1H3,(H,15,16). The van der Waals surface area contributed by atoms with Gasteiger partial charge in [0.25, 0.3) is 0 Å². The number of carbonyl (C=O) groups is 1. The van der Waals surface area contributed by atoms with Crippen LogP contribution in [0.2, 0.25) is 5.02 Å². The van der Waals surface area contributed by atoms with Crippen molar-refractivity contribution in [3.63, 3.8) is 0 Å². The normalized spacial score (nSPS) is 17.1. The second-order valence-corrected chi connectivity index (χ2v) is 4.82. The lowest BCUT2D eigenvalue weighted by molar-refractivity contribution is -0.137. The minimum absolute atomic E-state index is 0.0315. The first-order valence-corrected chi connectivity index (χ1v) is 5.54. The number of aromatic hydroxyl groups is 1. The van der Waals surface area contributed by atoms with Gasteiger partial charge in [0, 0.05) is 11.0 Å². The number of aryl methyl sites for hydroxylation is 1. The van der Waals surface area contributed by atoms with Crippen molar-refractivity contribution >= 4 is 17.6 Å². The van der Waals surface area contributed by atoms with Crippen LogP contribution in [-0.2, 0) is 10.2 Å². The Hall–Kier alpha value is -1.22. The van der Waals surface area contributed by atoms with Crippen molar-refractivity contribution in [3.8, 4) is 5.75 Å². The predicted molar refractivity (Wildman–Crippen MR) is 61.0 cm³/mol. The number of aliphatic carboxylic acids is 1. The second kappa shape index (κ2) is 3.67. The fourth-order valence-corrected chi connectivity index (χ4v) is 2.49. The van der Waals surface area contributed by atoms with Crippen LogP contribution in [0.5, 0.6) is 5.75 Å². The molecule has 1 aromatic rings. The van der Waals surface area contributed by atoms with Gasteiger partial charge in [0.15, 0.2) is 0 Å². The van der Waals surface area contributed by atoms with E-state index in [0.717, 1.165) is 18.4 Å². The van der Waals surface area contributed by atoms with Gasteiger partial charge in [0.1, 0.15) is 5.75 Å². The molecule has 0 spiro atoms. The molecule has 0 amide bonds. The smallest absolute Gasteiger partial charge is 0.304 e. The highest BCUT2D eigenvalue weighted by Gasteiger charge is 2.49. The Morgan fingerprint density at radius 2 is 2.12 bits per heavy atom. The van der Waals surface area contributed by atoms with E-state index in [9.17, 15) is 9.90 Å². The lowest BCUT2D eigenvalue weighted by atomic mass is 9.90. The van der Waals surface area contributed by atoms with Crippen LogP contribution in [0.1, 0.15) is 30.4 Å². The highest BCUT2D eigenvalue weighted by atomic mass is 35.5. The van der Waals surface area contributed by atoms with E-state index in [1.165, 1.54) is 0 Å². The minimum Gasteiger partial charge on any atom is -0.508 e. The molecule has 0 bridgehead atoms. The maximum atomic E-state index is 10.8. The number of hydrogen-bond donors (Lipinski definition) is 2. The number of carboxylic acid groups (broad SMARTS) is 1. The zero-order valence-electron chi connectivity index (χ0n) is 8.96. The fraction of sp³-hybridized carbons (Fsp3) is 0.417. The van der Waals surface area contributed by atoms with E-state index in [0.29, 0.717) is 10.6 Å². The largest absolute Gasteiger partial charge is 0.508 e. The Bertz CT molecular complexity index is 450. The third-order valence-corrected chi connectivity index (χ3v) is 3.67. The molecule has 1 aliphatic rings. The van der Waals surface area contributed by atoms with Crippen molar-refractivity contribution in [2.24, 2.45) is 0 Å². The summed E-state index contributed by atoms with van der Waals surface area (Å²) in [6, 6.07) is 3.32. The molecule has 0 atom stereocenters. The SMILES string of the molecule is Cc1ccc(O)c(C2(CC(=O)O)CC2)c1Cl. The van der Waals surface area contributed by atoms with Gasteiger partial charge in [-0.25, -0.2) is 0 Å². The van der Waals surface area contributed by atoms with Crippen LogP contribution in [-0.4, -0.2) is 16.2 Å². The zero-order chi connectivity index (χ0) is 11.9. The molecule has 86 valence electrons. The van der Waals surface area contributed by atoms with Gasteiger partial charge in [-0.3, -0.25) is 4.79 Å². The van der Waals surface area contributed by atoms with E-state index in [2.05, 4.69) is 0 Å². The van der Waals surface area contributed by atoms with Gasteiger partial charge in [0.2, 0.25) is 0 Å². The number of benzene rings is 1. The number of phenolic OH excluding ortho intramolecular Hbond substituents is 1. The highest BCUT2D eigenvalue weighted by Crippen LogP contribution is 2.56. The monoisotopic (exact) mass is 240 g/mol. The Labute approximate surface area is 98.7 Å². The van der Waals surface area contributed by atoms with Gasteiger partial charge < -0.3 is 10.2 Å². The fourth-order valence-electron chi connectivity index (χ4n) is 2.13. The molecular weight excluding hydrogens is 228 g/mol. The second-order valence-electron chi connectivity index (χ2n) is 4.44. The summed E-state index contributed by atoms with van der Waals surface area (Å²) in [5.74, 6) is -0.746. The van der Waals surface area contributed by atoms with Crippen molar-refractivity contribution in [3.05, 3.63) is 28.3 Å². The Morgan fingerprint density at radius 1 is 1.50 bits per heavy atom. The maximum absolute atomic E-state index is 10.8. The van der Waals surface area contributed by atoms with E-state index >= 15 is 0 Å². The van der Waals surface area contributed by atoms with E-state index in [4.69, 9.17) is 16.7 Å². The lowest BCUT2D eigenvalue weighted by Crippen LogP contribution is -2.14. The topological polar surface area (TPSA) is 57.5 Å². The first-order valence-electron chi connectivity index (χ1n) is 5.17. The van der Waals surface area contributed by atoms with Crippen LogP contribution in [0.15, 0.2) is 12.1 Å². The average molecular weight is 241 g/mol. The highest BCUT2D eigenvalue weighted by molar-refractivity contribution is 6.32. The van der Waals surface area contributed by atoms with Crippen molar-refractivity contribution in [2.75, 3.05) is 0 Å². The van der Waals surface area contributed by atoms with Crippen LogP contribution >= 0.6 is 11.6 Å². The Balaban J connectivity index is 2.48. The minimum atomic E-state index is -0.852. The van der Waals surface area contributed by atoms with E-state index in [1.54, 1.807) is 12.1 Å². The van der Waals surface area contributed by atoms with E-state index < -0.39 is 11.4 Å². The molecule has 0 heterocycles. The molecule has 4 heteroatoms. The zero-order valence-corrected chi connectivity index (χ0v) is 9.71. The van der Waals surface area contributed by atoms with Gasteiger partial charge in [-0.05, 0) is 31.4 Å². The van der Waals surface area contributed by atoms with Gasteiger partial charge in [0.05, 0.1) is 11.4 Å². The lowest BCUT2D eigenvalue weighted by Gasteiger charge is -2.17. The number of rotatable bonds is 3. The third-order valence-electron chi connectivity index (χ3n) is 3.19. The summed E-state index contributed by atoms with van der Waals surface area (Å²) in [6.45, 7) is 1.85. The third kappa shape index (κ3) is 1.76. The molecule has 0 aliphatic heterocycles. The van der Waals surface area contributed by atoms with Crippen molar-refractivity contribution in [1.82, 2.24) is 0 Å². The summed E-state index contributed by atoms with van der Waals surface area (Å²) >= 11 is 6.15. The Morgan fingerprint density at radius 3 is 2.62 bits per heavy atom. The Kier molecular flexibility index (Phi) is 2.58. The molecular formula is C12H13ClO3. The molecule has 2 rings (SSSR count). The molecule has 0 aromatic heterocycles. The first kappa shape index (κ1) is 11.3. The molecule has 1 aliphatic carbocycles. The summed E-state index contributed by atoms with van der Waals surface area (Å²) in [7, 11) is 0. The molecule has 1 saturated carbocycles. The van der Waals surface area contributed by atoms with Crippen LogP contribution in [0.25, 0.3) is 0 Å². The molecule has 16 heavy (non-hydrogen) atoms. The summed E-state index contributed by atoms with van der Waals surface area (Å²) in [5, 5.41) is 19.2. The molecule has 3 nitrogen and oxygen atoms in total. The average Bonchev–Trinajstić information content (AvgIpc) is 2.92. The predicted octanol–water partition coefficient (Wildman–Crippen LogP) is 2.86. The van der Waals surface area contributed by atoms with Crippen LogP contribution in [0.4, 0.5) is 0 Å². The summed E-state index contributed by atoms with van der Waals surface area (Å²) in [5.41, 5.74) is 1.03. The van der Waals surface area contributed by atoms with E-state index in [1.807, 2.05) is 6.92 Å². The van der Waals surface area contributed by atoms with Gasteiger partial charge in [-0.2, -0.15) is 0 Å². The molecule has 1 fully saturated rings. The molecule has 1 aromatic carbocycles. The van der Waals surface area contributed by atoms with Crippen molar-refractivity contribution in [1.29, 1.82) is 0 Å². The summed E-state index contributed by atoms with van der Waals surface area (Å²) < 4.78 is 0. The van der Waals surface area contributed by atoms with Crippen molar-refractivity contribution in [2.45, 2.75) is 31.6 Å². The first-order chi connectivity index (χ1) is 7.46. The van der Waals surface area contributed by atoms with Gasteiger partial charge in [-0.1, -0.05) is 17.7 Å². The number of halogens is 1. The number of phenols is 1. The van der Waals surface area contributed by atoms with Crippen molar-refractivity contribution < 1.29 is 15.0 Å². The quantitative estimate of drug-likeness (QED) is 0.854. The molecule has 0 saturated heterocycles. The number of carboxylic acids is 1. The summed E-state index contributed by atoms with van der Waals surface area (Å²) in [6.07, 6.45) is 1.58. The molecule has 2 N–H and O–H groups in total. The van der Waals surface area contributed by atoms with E-state index in [-0.39, 0.29) is 12.2 Å². The summed E-state index contributed by atoms with van der Waals surface area (Å²) in [4.78, 5) is 10.8. The van der Waals surface area contributed by atoms with Crippen LogP contribution < -0.4 is 0 Å². The maximum Gasteiger partial charge on any atom is 0.304 e. The number of hydrogen-bond acceptors (Lipinski definition) is 2. The van der Waals surface area contributed by atoms with Crippen LogP contribution in [0.3, 0.4) is 0 Å².